The molecule has 6 heteroatoms. The van der Waals surface area contributed by atoms with Gasteiger partial charge in [0.25, 0.3) is 5.91 Å². The molecule has 1 fully saturated rings. The summed E-state index contributed by atoms with van der Waals surface area (Å²) in [6.45, 7) is 5.06. The lowest BCUT2D eigenvalue weighted by molar-refractivity contribution is -0.914. The molecule has 1 atom stereocenters. The minimum atomic E-state index is -0.760. The average Bonchev–Trinajstić information content (AvgIpc) is 2.65. The van der Waals surface area contributed by atoms with Gasteiger partial charge in [-0.3, -0.25) is 4.79 Å². The summed E-state index contributed by atoms with van der Waals surface area (Å²) in [7, 11) is 0. The third-order valence-electron chi connectivity index (χ3n) is 4.74. The Bertz CT molecular complexity index is 710. The molecule has 0 saturated carbocycles. The van der Waals surface area contributed by atoms with Gasteiger partial charge in [0.2, 0.25) is 0 Å². The van der Waals surface area contributed by atoms with Crippen LogP contribution in [0.2, 0.25) is 0 Å². The Kier molecular flexibility index (Phi) is 5.28. The van der Waals surface area contributed by atoms with Crippen LogP contribution in [0.25, 0.3) is 0 Å². The van der Waals surface area contributed by atoms with Gasteiger partial charge in [0.05, 0.1) is 26.2 Å². The summed E-state index contributed by atoms with van der Waals surface area (Å²) in [4.78, 5) is 15.8. The molecule has 4 nitrogen and oxygen atoms in total. The molecule has 0 spiro atoms. The number of benzene rings is 2. The highest BCUT2D eigenvalue weighted by Crippen LogP contribution is 2.18. The van der Waals surface area contributed by atoms with E-state index in [1.807, 2.05) is 18.2 Å². The van der Waals surface area contributed by atoms with Gasteiger partial charge in [0.15, 0.2) is 6.04 Å². The number of piperazine rings is 1. The van der Waals surface area contributed by atoms with Crippen LogP contribution in [0, 0.1) is 11.6 Å². The Morgan fingerprint density at radius 2 is 1.64 bits per heavy atom. The second kappa shape index (κ2) is 7.61. The van der Waals surface area contributed by atoms with Crippen molar-refractivity contribution in [3.8, 4) is 0 Å². The lowest BCUT2D eigenvalue weighted by Gasteiger charge is -2.36. The van der Waals surface area contributed by atoms with Crippen molar-refractivity contribution in [3.05, 3.63) is 60.2 Å². The molecular formula is C19H22F2N3O+. The van der Waals surface area contributed by atoms with E-state index in [1.165, 1.54) is 11.8 Å². The molecule has 1 saturated heterocycles. The maximum atomic E-state index is 13.7. The quantitative estimate of drug-likeness (QED) is 0.884. The Labute approximate surface area is 146 Å². The average molecular weight is 346 g/mol. The first kappa shape index (κ1) is 17.4. The number of amides is 1. The van der Waals surface area contributed by atoms with E-state index < -0.39 is 11.6 Å². The van der Waals surface area contributed by atoms with E-state index in [-0.39, 0.29) is 17.6 Å². The number of carbonyl (C=O) groups is 1. The van der Waals surface area contributed by atoms with Crippen LogP contribution in [0.15, 0.2) is 48.5 Å². The van der Waals surface area contributed by atoms with Crippen LogP contribution >= 0.6 is 0 Å². The Hall–Kier alpha value is -2.47. The van der Waals surface area contributed by atoms with E-state index in [9.17, 15) is 13.6 Å². The van der Waals surface area contributed by atoms with Crippen LogP contribution in [-0.2, 0) is 4.79 Å². The molecule has 0 bridgehead atoms. The van der Waals surface area contributed by atoms with Crippen LogP contribution in [0.1, 0.15) is 6.92 Å². The fourth-order valence-electron chi connectivity index (χ4n) is 3.16. The molecule has 1 aliphatic heterocycles. The van der Waals surface area contributed by atoms with Gasteiger partial charge in [-0.1, -0.05) is 24.3 Å². The van der Waals surface area contributed by atoms with Crippen molar-refractivity contribution in [2.24, 2.45) is 0 Å². The van der Waals surface area contributed by atoms with Crippen LogP contribution in [0.3, 0.4) is 0 Å². The van der Waals surface area contributed by atoms with Crippen LogP contribution in [-0.4, -0.2) is 38.1 Å². The summed E-state index contributed by atoms with van der Waals surface area (Å²) in [6.07, 6.45) is 0. The van der Waals surface area contributed by atoms with Gasteiger partial charge in [-0.2, -0.15) is 0 Å². The number of hydrogen-bond donors (Lipinski definition) is 2. The van der Waals surface area contributed by atoms with E-state index in [1.54, 1.807) is 6.92 Å². The number of halogens is 2. The van der Waals surface area contributed by atoms with Gasteiger partial charge < -0.3 is 15.1 Å². The summed E-state index contributed by atoms with van der Waals surface area (Å²) < 4.78 is 27.4. The molecule has 0 aromatic heterocycles. The van der Waals surface area contributed by atoms with E-state index in [4.69, 9.17) is 0 Å². The van der Waals surface area contributed by atoms with Crippen LogP contribution in [0.4, 0.5) is 20.2 Å². The normalized spacial score (nSPS) is 16.5. The number of quaternary nitrogens is 1. The molecule has 1 aliphatic rings. The maximum Gasteiger partial charge on any atom is 0.282 e. The van der Waals surface area contributed by atoms with Gasteiger partial charge in [-0.15, -0.1) is 0 Å². The highest BCUT2D eigenvalue weighted by molar-refractivity contribution is 5.93. The van der Waals surface area contributed by atoms with Gasteiger partial charge in [0.1, 0.15) is 17.3 Å². The minimum Gasteiger partial charge on any atom is -0.360 e. The van der Waals surface area contributed by atoms with Crippen molar-refractivity contribution in [1.82, 2.24) is 0 Å². The number of rotatable bonds is 4. The summed E-state index contributed by atoms with van der Waals surface area (Å²) in [5.41, 5.74) is 0.800. The third-order valence-corrected chi connectivity index (χ3v) is 4.74. The fraction of sp³-hybridized carbons (Fsp3) is 0.316. The van der Waals surface area contributed by atoms with E-state index in [2.05, 4.69) is 22.3 Å². The van der Waals surface area contributed by atoms with Crippen molar-refractivity contribution >= 4 is 17.3 Å². The second-order valence-corrected chi connectivity index (χ2v) is 6.29. The lowest BCUT2D eigenvalue weighted by Crippen LogP contribution is -3.19. The topological polar surface area (TPSA) is 36.8 Å². The second-order valence-electron chi connectivity index (χ2n) is 6.29. The molecule has 2 N–H and O–H groups in total. The molecular weight excluding hydrogens is 324 g/mol. The zero-order chi connectivity index (χ0) is 17.8. The first-order valence-corrected chi connectivity index (χ1v) is 8.45. The molecule has 1 amide bonds. The first-order chi connectivity index (χ1) is 12.1. The van der Waals surface area contributed by atoms with Gasteiger partial charge in [-0.05, 0) is 31.2 Å². The Balaban J connectivity index is 1.59. The van der Waals surface area contributed by atoms with E-state index in [0.717, 1.165) is 43.2 Å². The highest BCUT2D eigenvalue weighted by Gasteiger charge is 2.30. The smallest absolute Gasteiger partial charge is 0.282 e. The highest BCUT2D eigenvalue weighted by atomic mass is 19.1. The Morgan fingerprint density at radius 1 is 1.04 bits per heavy atom. The van der Waals surface area contributed by atoms with Gasteiger partial charge >= 0.3 is 0 Å². The predicted octanol–water partition coefficient (Wildman–Crippen LogP) is 1.70. The number of hydrogen-bond acceptors (Lipinski definition) is 2. The molecule has 0 aliphatic carbocycles. The monoisotopic (exact) mass is 346 g/mol. The van der Waals surface area contributed by atoms with E-state index >= 15 is 0 Å². The summed E-state index contributed by atoms with van der Waals surface area (Å²) in [5, 5.41) is 2.40. The largest absolute Gasteiger partial charge is 0.360 e. The molecule has 2 aromatic carbocycles. The van der Waals surface area contributed by atoms with Crippen molar-refractivity contribution in [2.75, 3.05) is 36.4 Å². The van der Waals surface area contributed by atoms with Crippen molar-refractivity contribution < 1.29 is 18.5 Å². The first-order valence-electron chi connectivity index (χ1n) is 8.45. The molecule has 0 radical (unpaired) electrons. The maximum absolute atomic E-state index is 13.7. The predicted molar refractivity (Wildman–Crippen MR) is 93.8 cm³/mol. The zero-order valence-electron chi connectivity index (χ0n) is 14.1. The minimum absolute atomic E-state index is 0.368. The molecule has 3 rings (SSSR count). The summed E-state index contributed by atoms with van der Waals surface area (Å²) in [6, 6.07) is 13.3. The molecule has 1 heterocycles. The number of nitrogens with one attached hydrogen (secondary N) is 2. The molecule has 2 aromatic rings. The van der Waals surface area contributed by atoms with Gasteiger partial charge in [0, 0.05) is 5.69 Å². The van der Waals surface area contributed by atoms with Gasteiger partial charge in [-0.25, -0.2) is 8.78 Å². The van der Waals surface area contributed by atoms with Crippen molar-refractivity contribution in [3.63, 3.8) is 0 Å². The summed E-state index contributed by atoms with van der Waals surface area (Å²) >= 11 is 0. The van der Waals surface area contributed by atoms with E-state index in [0.29, 0.717) is 0 Å². The van der Waals surface area contributed by atoms with Crippen molar-refractivity contribution in [1.29, 1.82) is 0 Å². The number of nitrogens with zero attached hydrogens (tertiary/aromatic N) is 1. The number of anilines is 2. The number of carbonyl (C=O) groups excluding carboxylic acids is 1. The van der Waals surface area contributed by atoms with Crippen LogP contribution < -0.4 is 15.1 Å². The SMILES string of the molecule is C[C@@H](C(=O)Nc1c(F)cccc1F)[NH+]1CCN(c2ccccc2)CC1. The van der Waals surface area contributed by atoms with Crippen molar-refractivity contribution in [2.45, 2.75) is 13.0 Å². The number of para-hydroxylation sites is 2. The third kappa shape index (κ3) is 3.96. The lowest BCUT2D eigenvalue weighted by atomic mass is 10.2. The fourth-order valence-corrected chi connectivity index (χ4v) is 3.16. The molecule has 25 heavy (non-hydrogen) atoms. The molecule has 0 unspecified atom stereocenters. The standard InChI is InChI=1S/C19H21F2N3O/c1-14(19(25)22-18-16(20)8-5-9-17(18)21)23-10-12-24(13-11-23)15-6-3-2-4-7-15/h2-9,14H,10-13H2,1H3,(H,22,25)/p+1/t14-/m0/s1. The summed E-state index contributed by atoms with van der Waals surface area (Å²) in [5.74, 6) is -1.89. The molecule has 132 valence electrons. The Morgan fingerprint density at radius 3 is 2.24 bits per heavy atom. The zero-order valence-corrected chi connectivity index (χ0v) is 14.1. The van der Waals surface area contributed by atoms with Crippen LogP contribution in [0.5, 0.6) is 0 Å².